The third kappa shape index (κ3) is 5.26. The van der Waals surface area contributed by atoms with Crippen molar-refractivity contribution in [3.05, 3.63) is 107 Å². The fourth-order valence-electron chi connectivity index (χ4n) is 3.66. The maximum absolute atomic E-state index is 13.3. The van der Waals surface area contributed by atoms with E-state index in [0.717, 1.165) is 23.4 Å². The van der Waals surface area contributed by atoms with Crippen LogP contribution in [0.15, 0.2) is 84.9 Å². The number of carbonyl (C=O) groups is 1. The second-order valence-electron chi connectivity index (χ2n) is 7.77. The van der Waals surface area contributed by atoms with E-state index in [-0.39, 0.29) is 5.91 Å². The fourth-order valence-corrected chi connectivity index (χ4v) is 3.79. The molecule has 1 aromatic heterocycles. The van der Waals surface area contributed by atoms with Crippen molar-refractivity contribution in [1.29, 1.82) is 0 Å². The number of para-hydroxylation sites is 1. The molecule has 1 amide bonds. The Bertz CT molecular complexity index is 1210. The lowest BCUT2D eigenvalue weighted by molar-refractivity contribution is 0.0742. The van der Waals surface area contributed by atoms with Crippen LogP contribution in [0.25, 0.3) is 5.69 Å². The highest BCUT2D eigenvalue weighted by Gasteiger charge is 2.24. The van der Waals surface area contributed by atoms with Crippen molar-refractivity contribution in [3.8, 4) is 17.3 Å². The lowest BCUT2D eigenvalue weighted by atomic mass is 10.1. The summed E-state index contributed by atoms with van der Waals surface area (Å²) >= 11 is 6.06. The highest BCUT2D eigenvalue weighted by molar-refractivity contribution is 6.30. The largest absolute Gasteiger partial charge is 0.439 e. The molecule has 0 atom stereocenters. The Balaban J connectivity index is 1.75. The molecule has 0 aliphatic rings. The molecule has 4 aromatic rings. The molecule has 0 aliphatic heterocycles. The summed E-state index contributed by atoms with van der Waals surface area (Å²) in [5.74, 6) is 1.22. The Hall–Kier alpha value is -3.57. The van der Waals surface area contributed by atoms with Gasteiger partial charge in [0.1, 0.15) is 5.75 Å². The Labute approximate surface area is 199 Å². The molecule has 6 heteroatoms. The van der Waals surface area contributed by atoms with Crippen LogP contribution in [0, 0.1) is 6.92 Å². The van der Waals surface area contributed by atoms with Gasteiger partial charge in [-0.1, -0.05) is 54.9 Å². The summed E-state index contributed by atoms with van der Waals surface area (Å²) in [5.41, 5.74) is 3.22. The minimum absolute atomic E-state index is 0.0123. The zero-order chi connectivity index (χ0) is 23.2. The Morgan fingerprint density at radius 1 is 0.970 bits per heavy atom. The normalized spacial score (nSPS) is 10.8. The van der Waals surface area contributed by atoms with E-state index >= 15 is 0 Å². The number of ether oxygens (including phenoxy) is 1. The number of benzene rings is 3. The van der Waals surface area contributed by atoms with Crippen LogP contribution < -0.4 is 4.74 Å². The summed E-state index contributed by atoms with van der Waals surface area (Å²) in [5, 5.41) is 5.40. The standard InChI is InChI=1S/C27H26ClN3O2/c1-3-18-30(26(32)21-10-6-4-7-11-21)19-25-20(2)29-31(23-12-8-5-9-13-23)27(25)33-24-16-14-22(28)15-17-24/h4-17H,3,18-19H2,1-2H3. The minimum Gasteiger partial charge on any atom is -0.439 e. The predicted octanol–water partition coefficient (Wildman–Crippen LogP) is 6.68. The van der Waals surface area contributed by atoms with Gasteiger partial charge >= 0.3 is 0 Å². The molecule has 0 saturated carbocycles. The molecule has 0 fully saturated rings. The molecule has 0 spiro atoms. The van der Waals surface area contributed by atoms with Crippen molar-refractivity contribution in [1.82, 2.24) is 14.7 Å². The molecule has 1 heterocycles. The molecule has 4 rings (SSSR count). The first-order valence-corrected chi connectivity index (χ1v) is 11.4. The molecule has 5 nitrogen and oxygen atoms in total. The van der Waals surface area contributed by atoms with Gasteiger partial charge in [0.05, 0.1) is 23.5 Å². The zero-order valence-electron chi connectivity index (χ0n) is 18.7. The van der Waals surface area contributed by atoms with Gasteiger partial charge in [0.2, 0.25) is 5.88 Å². The van der Waals surface area contributed by atoms with Crippen LogP contribution >= 0.6 is 11.6 Å². The number of amides is 1. The topological polar surface area (TPSA) is 47.4 Å². The van der Waals surface area contributed by atoms with Crippen LogP contribution in [0.5, 0.6) is 11.6 Å². The molecule has 0 unspecified atom stereocenters. The van der Waals surface area contributed by atoms with Crippen molar-refractivity contribution in [2.75, 3.05) is 6.54 Å². The Morgan fingerprint density at radius 3 is 2.24 bits per heavy atom. The predicted molar refractivity (Wildman–Crippen MR) is 131 cm³/mol. The quantitative estimate of drug-likeness (QED) is 0.295. The van der Waals surface area contributed by atoms with Crippen LogP contribution in [-0.2, 0) is 6.54 Å². The number of rotatable bonds is 8. The van der Waals surface area contributed by atoms with Gasteiger partial charge < -0.3 is 9.64 Å². The summed E-state index contributed by atoms with van der Waals surface area (Å²) in [7, 11) is 0. The highest BCUT2D eigenvalue weighted by atomic mass is 35.5. The first kappa shape index (κ1) is 22.6. The van der Waals surface area contributed by atoms with Crippen molar-refractivity contribution < 1.29 is 9.53 Å². The summed E-state index contributed by atoms with van der Waals surface area (Å²) < 4.78 is 8.13. The van der Waals surface area contributed by atoms with Gasteiger partial charge in [-0.15, -0.1) is 0 Å². The average molecular weight is 460 g/mol. The maximum Gasteiger partial charge on any atom is 0.254 e. The van der Waals surface area contributed by atoms with Crippen LogP contribution in [0.1, 0.15) is 35.0 Å². The Kier molecular flexibility index (Phi) is 7.10. The molecule has 0 radical (unpaired) electrons. The first-order chi connectivity index (χ1) is 16.1. The molecular weight excluding hydrogens is 434 g/mol. The fraction of sp³-hybridized carbons (Fsp3) is 0.185. The van der Waals surface area contributed by atoms with Gasteiger partial charge in [0, 0.05) is 17.1 Å². The maximum atomic E-state index is 13.3. The highest BCUT2D eigenvalue weighted by Crippen LogP contribution is 2.32. The van der Waals surface area contributed by atoms with Gasteiger partial charge in [-0.25, -0.2) is 4.68 Å². The van der Waals surface area contributed by atoms with Crippen molar-refractivity contribution in [2.45, 2.75) is 26.8 Å². The molecule has 3 aromatic carbocycles. The third-order valence-electron chi connectivity index (χ3n) is 5.32. The number of aromatic nitrogens is 2. The van der Waals surface area contributed by atoms with E-state index in [9.17, 15) is 4.79 Å². The van der Waals surface area contributed by atoms with E-state index in [2.05, 4.69) is 6.92 Å². The molecule has 33 heavy (non-hydrogen) atoms. The number of carbonyl (C=O) groups excluding carboxylic acids is 1. The number of aryl methyl sites for hydroxylation is 1. The van der Waals surface area contributed by atoms with E-state index in [4.69, 9.17) is 21.4 Å². The average Bonchev–Trinajstić information content (AvgIpc) is 3.15. The van der Waals surface area contributed by atoms with Crippen molar-refractivity contribution in [3.63, 3.8) is 0 Å². The second kappa shape index (κ2) is 10.4. The van der Waals surface area contributed by atoms with Crippen LogP contribution in [0.4, 0.5) is 0 Å². The van der Waals surface area contributed by atoms with Gasteiger partial charge in [-0.2, -0.15) is 5.10 Å². The number of nitrogens with zero attached hydrogens (tertiary/aromatic N) is 3. The molecule has 0 N–H and O–H groups in total. The summed E-state index contributed by atoms with van der Waals surface area (Å²) in [6.45, 7) is 5.03. The number of hydrogen-bond acceptors (Lipinski definition) is 3. The minimum atomic E-state index is -0.0123. The van der Waals surface area contributed by atoms with Gasteiger partial charge in [0.25, 0.3) is 5.91 Å². The van der Waals surface area contributed by atoms with Gasteiger partial charge in [-0.05, 0) is 61.9 Å². The molecule has 0 saturated heterocycles. The van der Waals surface area contributed by atoms with E-state index in [0.29, 0.717) is 35.3 Å². The third-order valence-corrected chi connectivity index (χ3v) is 5.57. The van der Waals surface area contributed by atoms with Crippen molar-refractivity contribution >= 4 is 17.5 Å². The van der Waals surface area contributed by atoms with Crippen LogP contribution in [0.2, 0.25) is 5.02 Å². The SMILES string of the molecule is CCCN(Cc1c(C)nn(-c2ccccc2)c1Oc1ccc(Cl)cc1)C(=O)c1ccccc1. The summed E-state index contributed by atoms with van der Waals surface area (Å²) in [6, 6.07) is 26.4. The lowest BCUT2D eigenvalue weighted by Crippen LogP contribution is -2.31. The molecular formula is C27H26ClN3O2. The van der Waals surface area contributed by atoms with Gasteiger partial charge in [-0.3, -0.25) is 4.79 Å². The monoisotopic (exact) mass is 459 g/mol. The summed E-state index contributed by atoms with van der Waals surface area (Å²) in [6.07, 6.45) is 0.845. The molecule has 0 bridgehead atoms. The van der Waals surface area contributed by atoms with E-state index in [1.165, 1.54) is 0 Å². The molecule has 168 valence electrons. The van der Waals surface area contributed by atoms with Gasteiger partial charge in [0.15, 0.2) is 0 Å². The van der Waals surface area contributed by atoms with E-state index in [1.54, 1.807) is 16.8 Å². The number of hydrogen-bond donors (Lipinski definition) is 0. The first-order valence-electron chi connectivity index (χ1n) is 11.0. The molecule has 0 aliphatic carbocycles. The van der Waals surface area contributed by atoms with Crippen LogP contribution in [0.3, 0.4) is 0 Å². The second-order valence-corrected chi connectivity index (χ2v) is 8.20. The smallest absolute Gasteiger partial charge is 0.254 e. The Morgan fingerprint density at radius 2 is 1.61 bits per heavy atom. The van der Waals surface area contributed by atoms with E-state index in [1.807, 2.05) is 84.6 Å². The van der Waals surface area contributed by atoms with E-state index < -0.39 is 0 Å². The lowest BCUT2D eigenvalue weighted by Gasteiger charge is -2.23. The summed E-state index contributed by atoms with van der Waals surface area (Å²) in [4.78, 5) is 15.1. The van der Waals surface area contributed by atoms with Crippen molar-refractivity contribution in [2.24, 2.45) is 0 Å². The van der Waals surface area contributed by atoms with Crippen LogP contribution in [-0.4, -0.2) is 27.1 Å². The number of halogens is 1. The zero-order valence-corrected chi connectivity index (χ0v) is 19.5.